The molecule has 0 radical (unpaired) electrons. The minimum Gasteiger partial charge on any atom is -0.480 e. The highest BCUT2D eigenvalue weighted by Gasteiger charge is 2.40. The summed E-state index contributed by atoms with van der Waals surface area (Å²) in [6.45, 7) is 6.77. The Bertz CT molecular complexity index is 1460. The fourth-order valence-electron chi connectivity index (χ4n) is 5.69. The van der Waals surface area contributed by atoms with E-state index < -0.39 is 91.7 Å². The number of nitrogens with zero attached hydrogens (tertiary/aromatic N) is 1. The van der Waals surface area contributed by atoms with Gasteiger partial charge in [0, 0.05) is 13.0 Å². The first kappa shape index (κ1) is 44.6. The lowest BCUT2D eigenvalue weighted by Crippen LogP contribution is -2.60. The third kappa shape index (κ3) is 13.4. The molecule has 292 valence electrons. The fraction of sp³-hybridized carbons (Fsp3) is 0.636. The van der Waals surface area contributed by atoms with Crippen LogP contribution in [0.2, 0.25) is 0 Å². The first-order chi connectivity index (χ1) is 24.3. The number of halogens is 1. The van der Waals surface area contributed by atoms with E-state index in [9.17, 15) is 42.8 Å². The SMILES string of the molecule is CSCC[C@H](NC(=O)[C@@H]1CCCN1C(=O)[C@@H](NC(=O)[C@H](Cc1ccc(C(F)P(=O)(O)O)cc1)NC(=O)CN)C(C)C)C(=O)N[C@@H](CC(C)C)C(=O)O. The zero-order chi connectivity index (χ0) is 39.3. The molecule has 1 saturated heterocycles. The lowest BCUT2D eigenvalue weighted by molar-refractivity contribution is -0.144. The molecular formula is C33H52FN6O10PS. The molecule has 2 rings (SSSR count). The summed E-state index contributed by atoms with van der Waals surface area (Å²) >= 11 is 1.44. The first-order valence-corrected chi connectivity index (χ1v) is 20.1. The summed E-state index contributed by atoms with van der Waals surface area (Å²) in [6.07, 6.45) is 2.84. The van der Waals surface area contributed by atoms with E-state index in [4.69, 9.17) is 15.5 Å². The van der Waals surface area contributed by atoms with E-state index >= 15 is 0 Å². The Morgan fingerprint density at radius 2 is 1.58 bits per heavy atom. The number of carbonyl (C=O) groups excluding carboxylic acids is 5. The van der Waals surface area contributed by atoms with Crippen molar-refractivity contribution in [1.82, 2.24) is 26.2 Å². The zero-order valence-corrected chi connectivity index (χ0v) is 31.8. The van der Waals surface area contributed by atoms with Crippen LogP contribution >= 0.6 is 19.4 Å². The normalized spacial score (nSPS) is 17.5. The standard InChI is InChI=1S/C33H52FN6O10PS/c1-18(2)15-24(33(46)47)38-29(42)22(12-14-52-5)37-31(44)25-7-6-13-40(25)32(45)27(19(3)4)39-30(43)23(36-26(41)17-35)16-20-8-10-21(11-9-20)28(34)51(48,49)50/h8-11,18-19,22-25,27-28H,6-7,12-17,35H2,1-5H3,(H,36,41)(H,37,44)(H,38,42)(H,39,43)(H,46,47)(H2,48,49,50)/t22-,23-,24-,25-,27-,28?/m0/s1. The van der Waals surface area contributed by atoms with Crippen molar-refractivity contribution in [2.75, 3.05) is 25.1 Å². The molecule has 1 aromatic rings. The average molecular weight is 775 g/mol. The van der Waals surface area contributed by atoms with Gasteiger partial charge in [-0.1, -0.05) is 52.0 Å². The Hall–Kier alpha value is -3.57. The molecular weight excluding hydrogens is 722 g/mol. The Labute approximate surface area is 307 Å². The number of aliphatic carboxylic acids is 1. The van der Waals surface area contributed by atoms with Crippen LogP contribution in [0.5, 0.6) is 0 Å². The molecule has 6 atom stereocenters. The summed E-state index contributed by atoms with van der Waals surface area (Å²) in [5.74, 6) is -6.96. The van der Waals surface area contributed by atoms with Crippen LogP contribution < -0.4 is 27.0 Å². The molecule has 5 amide bonds. The second-order valence-electron chi connectivity index (χ2n) is 13.5. The van der Waals surface area contributed by atoms with Gasteiger partial charge in [0.15, 0.2) is 0 Å². The molecule has 1 heterocycles. The van der Waals surface area contributed by atoms with E-state index in [2.05, 4.69) is 21.3 Å². The Balaban J connectivity index is 2.25. The maximum absolute atomic E-state index is 14.1. The number of nitrogens with two attached hydrogens (primary N) is 1. The van der Waals surface area contributed by atoms with E-state index in [-0.39, 0.29) is 43.7 Å². The Kier molecular flexibility index (Phi) is 17.7. The minimum absolute atomic E-state index is 0.0137. The van der Waals surface area contributed by atoms with Gasteiger partial charge in [-0.05, 0) is 60.7 Å². The van der Waals surface area contributed by atoms with Gasteiger partial charge >= 0.3 is 13.6 Å². The number of amides is 5. The van der Waals surface area contributed by atoms with E-state index in [0.29, 0.717) is 17.7 Å². The zero-order valence-electron chi connectivity index (χ0n) is 30.0. The monoisotopic (exact) mass is 774 g/mol. The van der Waals surface area contributed by atoms with Gasteiger partial charge in [-0.15, -0.1) is 0 Å². The van der Waals surface area contributed by atoms with Crippen LogP contribution in [0.4, 0.5) is 4.39 Å². The molecule has 1 aromatic carbocycles. The van der Waals surface area contributed by atoms with Gasteiger partial charge in [0.2, 0.25) is 35.4 Å². The number of nitrogens with one attached hydrogen (secondary N) is 4. The third-order valence-corrected chi connectivity index (χ3v) is 9.99. The molecule has 52 heavy (non-hydrogen) atoms. The number of carboxylic acid groups (broad SMARTS) is 1. The number of thioether (sulfide) groups is 1. The van der Waals surface area contributed by atoms with E-state index in [1.165, 1.54) is 28.8 Å². The summed E-state index contributed by atoms with van der Waals surface area (Å²) in [5.41, 5.74) is 5.59. The molecule has 0 spiro atoms. The van der Waals surface area contributed by atoms with Crippen LogP contribution in [-0.2, 0) is 39.8 Å². The molecule has 16 nitrogen and oxygen atoms in total. The fourth-order valence-corrected chi connectivity index (χ4v) is 6.72. The number of carbonyl (C=O) groups is 6. The molecule has 1 aliphatic heterocycles. The number of carboxylic acids is 1. The highest BCUT2D eigenvalue weighted by molar-refractivity contribution is 7.98. The van der Waals surface area contributed by atoms with Gasteiger partial charge in [-0.2, -0.15) is 11.8 Å². The van der Waals surface area contributed by atoms with E-state index in [1.807, 2.05) is 20.1 Å². The maximum atomic E-state index is 14.1. The van der Waals surface area contributed by atoms with Crippen molar-refractivity contribution in [3.63, 3.8) is 0 Å². The smallest absolute Gasteiger partial charge is 0.363 e. The number of alkyl halides is 1. The third-order valence-electron chi connectivity index (χ3n) is 8.46. The van der Waals surface area contributed by atoms with Gasteiger partial charge in [0.25, 0.3) is 0 Å². The highest BCUT2D eigenvalue weighted by atomic mass is 32.2. The lowest BCUT2D eigenvalue weighted by atomic mass is 9.99. The summed E-state index contributed by atoms with van der Waals surface area (Å²) in [4.78, 5) is 98.1. The number of hydrogen-bond acceptors (Lipinski definition) is 9. The van der Waals surface area contributed by atoms with Gasteiger partial charge in [-0.25, -0.2) is 9.18 Å². The average Bonchev–Trinajstić information content (AvgIpc) is 3.57. The molecule has 1 aliphatic rings. The number of hydrogen-bond donors (Lipinski definition) is 8. The number of rotatable bonds is 20. The molecule has 0 aromatic heterocycles. The topological polar surface area (TPSA) is 258 Å². The van der Waals surface area contributed by atoms with E-state index in [0.717, 1.165) is 12.1 Å². The molecule has 1 unspecified atom stereocenters. The molecule has 19 heteroatoms. The van der Waals surface area contributed by atoms with Crippen molar-refractivity contribution >= 4 is 54.9 Å². The maximum Gasteiger partial charge on any atom is 0.363 e. The molecule has 0 aliphatic carbocycles. The Morgan fingerprint density at radius 1 is 0.962 bits per heavy atom. The summed E-state index contributed by atoms with van der Waals surface area (Å²) in [5, 5.41) is 20.0. The van der Waals surface area contributed by atoms with Crippen molar-refractivity contribution in [2.45, 2.75) is 95.9 Å². The summed E-state index contributed by atoms with van der Waals surface area (Å²) in [7, 11) is -5.05. The summed E-state index contributed by atoms with van der Waals surface area (Å²) < 4.78 is 25.5. The van der Waals surface area contributed by atoms with Crippen LogP contribution in [0, 0.1) is 11.8 Å². The molecule has 0 bridgehead atoms. The predicted molar refractivity (Wildman–Crippen MR) is 192 cm³/mol. The molecule has 0 saturated carbocycles. The van der Waals surface area contributed by atoms with Crippen molar-refractivity contribution in [3.05, 3.63) is 35.4 Å². The minimum atomic E-state index is -5.05. The van der Waals surface area contributed by atoms with Crippen LogP contribution in [0.3, 0.4) is 0 Å². The van der Waals surface area contributed by atoms with Gasteiger partial charge < -0.3 is 46.8 Å². The van der Waals surface area contributed by atoms with Crippen LogP contribution in [0.1, 0.15) is 70.4 Å². The quantitative estimate of drug-likeness (QED) is 0.0857. The second kappa shape index (κ2) is 20.6. The van der Waals surface area contributed by atoms with Gasteiger partial charge in [0.1, 0.15) is 30.2 Å². The van der Waals surface area contributed by atoms with Crippen LogP contribution in [0.15, 0.2) is 24.3 Å². The van der Waals surface area contributed by atoms with Crippen molar-refractivity contribution < 1.29 is 52.6 Å². The molecule has 9 N–H and O–H groups in total. The van der Waals surface area contributed by atoms with Crippen molar-refractivity contribution in [1.29, 1.82) is 0 Å². The van der Waals surface area contributed by atoms with Crippen molar-refractivity contribution in [3.8, 4) is 0 Å². The van der Waals surface area contributed by atoms with Gasteiger partial charge in [0.05, 0.1) is 6.54 Å². The second-order valence-corrected chi connectivity index (χ2v) is 16.1. The predicted octanol–water partition coefficient (Wildman–Crippen LogP) is 0.804. The van der Waals surface area contributed by atoms with E-state index in [1.54, 1.807) is 13.8 Å². The highest BCUT2D eigenvalue weighted by Crippen LogP contribution is 2.52. The van der Waals surface area contributed by atoms with Crippen LogP contribution in [0.25, 0.3) is 0 Å². The lowest BCUT2D eigenvalue weighted by Gasteiger charge is -2.32. The molecule has 1 fully saturated rings. The van der Waals surface area contributed by atoms with Crippen LogP contribution in [-0.4, -0.2) is 111 Å². The largest absolute Gasteiger partial charge is 0.480 e. The van der Waals surface area contributed by atoms with Gasteiger partial charge in [-0.3, -0.25) is 28.5 Å². The summed E-state index contributed by atoms with van der Waals surface area (Å²) in [6, 6.07) is -0.549. The first-order valence-electron chi connectivity index (χ1n) is 17.0. The van der Waals surface area contributed by atoms with Crippen molar-refractivity contribution in [2.24, 2.45) is 17.6 Å². The number of likely N-dealkylation sites (tertiary alicyclic amines) is 1. The Morgan fingerprint density at radius 3 is 2.10 bits per heavy atom. The number of benzene rings is 1.